The standard InChI is InChI=1S/C18H20N2O3S/c1-11-8-9-13(17(19)21)15(10-11)23-12(2)18(22)20-14-6-4-5-7-16(14)24-3/h4-10,12H,1-3H3,(H2,19,21)(H,20,22). The Hall–Kier alpha value is -2.47. The Morgan fingerprint density at radius 3 is 2.58 bits per heavy atom. The van der Waals surface area contributed by atoms with Gasteiger partial charge in [-0.3, -0.25) is 9.59 Å². The minimum atomic E-state index is -0.778. The van der Waals surface area contributed by atoms with Crippen molar-refractivity contribution >= 4 is 29.3 Å². The van der Waals surface area contributed by atoms with Gasteiger partial charge in [0.1, 0.15) is 5.75 Å². The van der Waals surface area contributed by atoms with Crippen LogP contribution in [0.1, 0.15) is 22.8 Å². The van der Waals surface area contributed by atoms with Gasteiger partial charge in [-0.25, -0.2) is 0 Å². The van der Waals surface area contributed by atoms with E-state index in [2.05, 4.69) is 5.32 Å². The van der Waals surface area contributed by atoms with Crippen molar-refractivity contribution in [3.8, 4) is 5.75 Å². The summed E-state index contributed by atoms with van der Waals surface area (Å²) in [5.41, 5.74) is 7.25. The van der Waals surface area contributed by atoms with Gasteiger partial charge in [-0.1, -0.05) is 18.2 Å². The molecule has 0 aliphatic rings. The third kappa shape index (κ3) is 4.29. The van der Waals surface area contributed by atoms with Crippen LogP contribution in [0.3, 0.4) is 0 Å². The molecule has 0 bridgehead atoms. The number of ether oxygens (including phenoxy) is 1. The normalized spacial score (nSPS) is 11.6. The zero-order valence-corrected chi connectivity index (χ0v) is 14.6. The number of thioether (sulfide) groups is 1. The van der Waals surface area contributed by atoms with Crippen molar-refractivity contribution in [3.63, 3.8) is 0 Å². The average Bonchev–Trinajstić information content (AvgIpc) is 2.55. The Kier molecular flexibility index (Phi) is 5.87. The second-order valence-corrected chi connectivity index (χ2v) is 6.16. The quantitative estimate of drug-likeness (QED) is 0.788. The Bertz CT molecular complexity index is 762. The van der Waals surface area contributed by atoms with E-state index in [1.54, 1.807) is 36.9 Å². The molecule has 2 rings (SSSR count). The van der Waals surface area contributed by atoms with Crippen LogP contribution in [0.15, 0.2) is 47.4 Å². The highest BCUT2D eigenvalue weighted by Crippen LogP contribution is 2.25. The van der Waals surface area contributed by atoms with Gasteiger partial charge in [0.05, 0.1) is 11.3 Å². The summed E-state index contributed by atoms with van der Waals surface area (Å²) in [5.74, 6) is -0.581. The van der Waals surface area contributed by atoms with Crippen molar-refractivity contribution in [1.29, 1.82) is 0 Å². The van der Waals surface area contributed by atoms with E-state index in [1.807, 2.05) is 37.4 Å². The van der Waals surface area contributed by atoms with Gasteiger partial charge in [-0.05, 0) is 49.9 Å². The number of para-hydroxylation sites is 1. The second kappa shape index (κ2) is 7.88. The number of benzene rings is 2. The van der Waals surface area contributed by atoms with Gasteiger partial charge in [0.2, 0.25) is 0 Å². The third-order valence-corrected chi connectivity index (χ3v) is 4.24. The number of rotatable bonds is 6. The molecule has 24 heavy (non-hydrogen) atoms. The number of carbonyl (C=O) groups excluding carboxylic acids is 2. The Labute approximate surface area is 145 Å². The number of anilines is 1. The number of hydrogen-bond donors (Lipinski definition) is 2. The molecule has 126 valence electrons. The van der Waals surface area contributed by atoms with E-state index in [9.17, 15) is 9.59 Å². The number of carbonyl (C=O) groups is 2. The predicted octanol–water partition coefficient (Wildman–Crippen LogP) is 3.22. The van der Waals surface area contributed by atoms with Gasteiger partial charge in [0, 0.05) is 4.90 Å². The first-order valence-corrected chi connectivity index (χ1v) is 8.66. The van der Waals surface area contributed by atoms with Crippen LogP contribution in [0, 0.1) is 6.92 Å². The molecule has 5 nitrogen and oxygen atoms in total. The predicted molar refractivity (Wildman–Crippen MR) is 96.6 cm³/mol. The summed E-state index contributed by atoms with van der Waals surface area (Å²) < 4.78 is 5.68. The van der Waals surface area contributed by atoms with E-state index < -0.39 is 12.0 Å². The van der Waals surface area contributed by atoms with Crippen LogP contribution in [-0.4, -0.2) is 24.2 Å². The molecule has 2 aromatic rings. The first kappa shape index (κ1) is 17.9. The maximum absolute atomic E-state index is 12.4. The number of aryl methyl sites for hydroxylation is 1. The van der Waals surface area contributed by atoms with Gasteiger partial charge in [-0.15, -0.1) is 11.8 Å². The third-order valence-electron chi connectivity index (χ3n) is 3.44. The summed E-state index contributed by atoms with van der Waals surface area (Å²) in [6, 6.07) is 12.6. The molecule has 0 fully saturated rings. The highest BCUT2D eigenvalue weighted by Gasteiger charge is 2.19. The minimum Gasteiger partial charge on any atom is -0.480 e. The molecule has 0 aliphatic heterocycles. The van der Waals surface area contributed by atoms with Crippen LogP contribution in [0.25, 0.3) is 0 Å². The lowest BCUT2D eigenvalue weighted by atomic mass is 10.1. The smallest absolute Gasteiger partial charge is 0.265 e. The van der Waals surface area contributed by atoms with E-state index in [0.29, 0.717) is 5.75 Å². The molecule has 0 aliphatic carbocycles. The van der Waals surface area contributed by atoms with Crippen molar-refractivity contribution in [2.24, 2.45) is 5.73 Å². The fraction of sp³-hybridized carbons (Fsp3) is 0.222. The Balaban J connectivity index is 2.15. The van der Waals surface area contributed by atoms with Crippen molar-refractivity contribution < 1.29 is 14.3 Å². The lowest BCUT2D eigenvalue weighted by Gasteiger charge is -2.17. The molecule has 0 saturated heterocycles. The topological polar surface area (TPSA) is 81.4 Å². The summed E-state index contributed by atoms with van der Waals surface area (Å²) in [7, 11) is 0. The number of amides is 2. The summed E-state index contributed by atoms with van der Waals surface area (Å²) in [5, 5.41) is 2.84. The molecular weight excluding hydrogens is 324 g/mol. The summed E-state index contributed by atoms with van der Waals surface area (Å²) in [4.78, 5) is 24.9. The van der Waals surface area contributed by atoms with E-state index >= 15 is 0 Å². The Morgan fingerprint density at radius 2 is 1.92 bits per heavy atom. The maximum atomic E-state index is 12.4. The number of nitrogens with two attached hydrogens (primary N) is 1. The highest BCUT2D eigenvalue weighted by molar-refractivity contribution is 7.98. The zero-order chi connectivity index (χ0) is 17.7. The second-order valence-electron chi connectivity index (χ2n) is 5.31. The van der Waals surface area contributed by atoms with E-state index in [4.69, 9.17) is 10.5 Å². The lowest BCUT2D eigenvalue weighted by molar-refractivity contribution is -0.122. The number of nitrogens with one attached hydrogen (secondary N) is 1. The molecule has 1 unspecified atom stereocenters. The van der Waals surface area contributed by atoms with E-state index in [-0.39, 0.29) is 11.5 Å². The van der Waals surface area contributed by atoms with Gasteiger partial charge in [0.25, 0.3) is 11.8 Å². The minimum absolute atomic E-state index is 0.254. The van der Waals surface area contributed by atoms with E-state index in [1.165, 1.54) is 0 Å². The van der Waals surface area contributed by atoms with Crippen molar-refractivity contribution in [1.82, 2.24) is 0 Å². The van der Waals surface area contributed by atoms with Crippen LogP contribution < -0.4 is 15.8 Å². The molecule has 0 radical (unpaired) electrons. The van der Waals surface area contributed by atoms with Gasteiger partial charge >= 0.3 is 0 Å². The Morgan fingerprint density at radius 1 is 1.21 bits per heavy atom. The lowest BCUT2D eigenvalue weighted by Crippen LogP contribution is -2.31. The van der Waals surface area contributed by atoms with Gasteiger partial charge in [-0.2, -0.15) is 0 Å². The van der Waals surface area contributed by atoms with Crippen LogP contribution in [-0.2, 0) is 4.79 Å². The molecule has 0 saturated carbocycles. The molecule has 1 atom stereocenters. The SMILES string of the molecule is CSc1ccccc1NC(=O)C(C)Oc1cc(C)ccc1C(N)=O. The van der Waals surface area contributed by atoms with Gasteiger partial charge in [0.15, 0.2) is 6.10 Å². The van der Waals surface area contributed by atoms with Crippen LogP contribution in [0.5, 0.6) is 5.75 Å². The molecule has 2 aromatic carbocycles. The molecular formula is C18H20N2O3S. The average molecular weight is 344 g/mol. The molecule has 0 spiro atoms. The summed E-state index contributed by atoms with van der Waals surface area (Å²) in [6.45, 7) is 3.50. The fourth-order valence-electron chi connectivity index (χ4n) is 2.16. The number of primary amides is 1. The first-order chi connectivity index (χ1) is 11.4. The van der Waals surface area contributed by atoms with Crippen molar-refractivity contribution in [3.05, 3.63) is 53.6 Å². The molecule has 6 heteroatoms. The van der Waals surface area contributed by atoms with Gasteiger partial charge < -0.3 is 15.8 Å². The summed E-state index contributed by atoms with van der Waals surface area (Å²) >= 11 is 1.54. The monoisotopic (exact) mass is 344 g/mol. The summed E-state index contributed by atoms with van der Waals surface area (Å²) in [6.07, 6.45) is 1.16. The van der Waals surface area contributed by atoms with Crippen LogP contribution >= 0.6 is 11.8 Å². The number of hydrogen-bond acceptors (Lipinski definition) is 4. The molecule has 3 N–H and O–H groups in total. The molecule has 0 aromatic heterocycles. The van der Waals surface area contributed by atoms with E-state index in [0.717, 1.165) is 16.1 Å². The first-order valence-electron chi connectivity index (χ1n) is 7.43. The van der Waals surface area contributed by atoms with Crippen LogP contribution in [0.4, 0.5) is 5.69 Å². The maximum Gasteiger partial charge on any atom is 0.265 e. The fourth-order valence-corrected chi connectivity index (χ4v) is 2.71. The van der Waals surface area contributed by atoms with Crippen LogP contribution in [0.2, 0.25) is 0 Å². The zero-order valence-electron chi connectivity index (χ0n) is 13.8. The highest BCUT2D eigenvalue weighted by atomic mass is 32.2. The van der Waals surface area contributed by atoms with Crippen molar-refractivity contribution in [2.45, 2.75) is 24.8 Å². The molecule has 0 heterocycles. The van der Waals surface area contributed by atoms with Crippen molar-refractivity contribution in [2.75, 3.05) is 11.6 Å². The largest absolute Gasteiger partial charge is 0.480 e. The molecule has 2 amide bonds.